The molecule has 0 rings (SSSR count). The number of aliphatic imine (C=N–C) groups is 2. The van der Waals surface area contributed by atoms with Crippen LogP contribution in [-0.2, 0) is 14.5 Å². The van der Waals surface area contributed by atoms with Gasteiger partial charge in [0, 0.05) is 20.5 Å². The summed E-state index contributed by atoms with van der Waals surface area (Å²) in [7, 11) is 8.00. The van der Waals surface area contributed by atoms with Gasteiger partial charge in [0.25, 0.3) is 5.97 Å². The fraction of sp³-hybridized carbons (Fsp3) is 0.714. The molecule has 0 radical (unpaired) electrons. The highest BCUT2D eigenvalue weighted by Crippen LogP contribution is 1.97. The Hall–Kier alpha value is -2.40. The second kappa shape index (κ2) is 14.0. The Morgan fingerprint density at radius 2 is 1.64 bits per heavy atom. The van der Waals surface area contributed by atoms with Gasteiger partial charge < -0.3 is 31.4 Å². The summed E-state index contributed by atoms with van der Waals surface area (Å²) in [5, 5.41) is 13.9. The van der Waals surface area contributed by atoms with E-state index >= 15 is 0 Å². The van der Waals surface area contributed by atoms with Crippen LogP contribution >= 0.6 is 0 Å². The lowest BCUT2D eigenvalue weighted by Crippen LogP contribution is -2.42. The Morgan fingerprint density at radius 3 is 2.08 bits per heavy atom. The standard InChI is InChI=1S/C12H27N7O.C2H4O3/c1-15-10(20)9-17-12(14)18-11(13)16-7-5-6-8-19(2,3)4;1-2(3)5-4/h5-9H2,1-4H3,(H5-,13,14,15,16,17,18,20);4H,1H3. The van der Waals surface area contributed by atoms with E-state index in [4.69, 9.17) is 16.7 Å². The lowest BCUT2D eigenvalue weighted by atomic mass is 10.3. The second-order valence-corrected chi connectivity index (χ2v) is 6.06. The van der Waals surface area contributed by atoms with Gasteiger partial charge in [-0.2, -0.15) is 0 Å². The molecule has 0 bridgehead atoms. The monoisotopic (exact) mass is 361 g/mol. The average Bonchev–Trinajstić information content (AvgIpc) is 2.51. The molecule has 0 aromatic rings. The van der Waals surface area contributed by atoms with E-state index in [1.54, 1.807) is 0 Å². The predicted octanol–water partition coefficient (Wildman–Crippen LogP) is -2.74. The van der Waals surface area contributed by atoms with Crippen LogP contribution in [0.4, 0.5) is 0 Å². The highest BCUT2D eigenvalue weighted by Gasteiger charge is 2.05. The van der Waals surface area contributed by atoms with Crippen LogP contribution in [0.3, 0.4) is 0 Å². The maximum atomic E-state index is 11.0. The number of carbonyl (C=O) groups is 2. The Kier molecular flexibility index (Phi) is 13.9. The van der Waals surface area contributed by atoms with E-state index in [1.165, 1.54) is 7.05 Å². The summed E-state index contributed by atoms with van der Waals surface area (Å²) in [4.78, 5) is 31.1. The number of amides is 1. The van der Waals surface area contributed by atoms with Crippen LogP contribution in [0.15, 0.2) is 9.98 Å². The van der Waals surface area contributed by atoms with Crippen molar-refractivity contribution in [2.45, 2.75) is 19.8 Å². The zero-order valence-electron chi connectivity index (χ0n) is 15.7. The number of quaternary nitrogens is 1. The maximum absolute atomic E-state index is 11.0. The van der Waals surface area contributed by atoms with Gasteiger partial charge in [-0.1, -0.05) is 0 Å². The van der Waals surface area contributed by atoms with Gasteiger partial charge in [0.2, 0.25) is 5.91 Å². The van der Waals surface area contributed by atoms with Crippen molar-refractivity contribution in [1.82, 2.24) is 10.6 Å². The van der Waals surface area contributed by atoms with E-state index in [2.05, 4.69) is 46.6 Å². The Morgan fingerprint density at radius 1 is 1.12 bits per heavy atom. The summed E-state index contributed by atoms with van der Waals surface area (Å²) < 4.78 is 0.941. The first kappa shape index (κ1) is 24.8. The molecule has 0 atom stereocenters. The minimum Gasteiger partial charge on any atom is -0.662 e. The molecule has 0 aliphatic heterocycles. The number of guanidine groups is 2. The van der Waals surface area contributed by atoms with Crippen LogP contribution in [0.2, 0.25) is 0 Å². The number of likely N-dealkylation sites (N-methyl/N-ethyl adjacent to an activating group) is 1. The van der Waals surface area contributed by atoms with Crippen LogP contribution < -0.4 is 27.4 Å². The lowest BCUT2D eigenvalue weighted by Gasteiger charge is -2.23. The van der Waals surface area contributed by atoms with Crippen LogP contribution in [-0.4, -0.2) is 76.1 Å². The summed E-state index contributed by atoms with van der Waals surface area (Å²) in [5.74, 6) is -0.717. The molecule has 0 aromatic carbocycles. The fourth-order valence-electron chi connectivity index (χ4n) is 1.34. The number of nitrogens with zero attached hydrogens (tertiary/aromatic N) is 3. The first-order chi connectivity index (χ1) is 11.5. The van der Waals surface area contributed by atoms with Crippen LogP contribution in [0.25, 0.3) is 0 Å². The van der Waals surface area contributed by atoms with Gasteiger partial charge in [0.05, 0.1) is 27.7 Å². The van der Waals surface area contributed by atoms with Crippen molar-refractivity contribution < 1.29 is 24.2 Å². The zero-order chi connectivity index (χ0) is 19.9. The molecule has 6 N–H and O–H groups in total. The molecule has 0 spiro atoms. The first-order valence-corrected chi connectivity index (χ1v) is 7.70. The van der Waals surface area contributed by atoms with Crippen molar-refractivity contribution >= 4 is 23.8 Å². The van der Waals surface area contributed by atoms with E-state index in [-0.39, 0.29) is 24.4 Å². The van der Waals surface area contributed by atoms with E-state index in [1.807, 2.05) is 0 Å². The van der Waals surface area contributed by atoms with Gasteiger partial charge in [-0.3, -0.25) is 19.9 Å². The minimum atomic E-state index is -0.801. The SMILES string of the molecule is CC(=O)O[O-].CNC(=O)CN=C(N)NC(N)=NCCCC[N+](C)(C)C. The number of nitrogens with two attached hydrogens (primary N) is 2. The molecule has 11 heteroatoms. The maximum Gasteiger partial charge on any atom is 0.296 e. The van der Waals surface area contributed by atoms with Crippen molar-refractivity contribution in [1.29, 1.82) is 0 Å². The molecule has 0 heterocycles. The lowest BCUT2D eigenvalue weighted by molar-refractivity contribution is -0.870. The highest BCUT2D eigenvalue weighted by atomic mass is 17.1. The molecule has 25 heavy (non-hydrogen) atoms. The quantitative estimate of drug-likeness (QED) is 0.0952. The number of carbonyl (C=O) groups excluding carboxylic acids is 2. The third kappa shape index (κ3) is 21.6. The van der Waals surface area contributed by atoms with Crippen molar-refractivity contribution in [3.05, 3.63) is 0 Å². The molecule has 0 saturated heterocycles. The predicted molar refractivity (Wildman–Crippen MR) is 94.1 cm³/mol. The smallest absolute Gasteiger partial charge is 0.296 e. The van der Waals surface area contributed by atoms with Crippen molar-refractivity contribution in [3.8, 4) is 0 Å². The summed E-state index contributed by atoms with van der Waals surface area (Å²) in [6.45, 7) is 2.75. The zero-order valence-corrected chi connectivity index (χ0v) is 15.7. The molecular formula is C14H31N7O4. The van der Waals surface area contributed by atoms with E-state index in [9.17, 15) is 9.59 Å². The van der Waals surface area contributed by atoms with Gasteiger partial charge >= 0.3 is 0 Å². The Bertz CT molecular complexity index is 459. The number of hydrogen-bond acceptors (Lipinski definition) is 6. The molecule has 146 valence electrons. The molecule has 0 aliphatic carbocycles. The van der Waals surface area contributed by atoms with E-state index < -0.39 is 5.97 Å². The summed E-state index contributed by atoms with van der Waals surface area (Å²) >= 11 is 0. The van der Waals surface area contributed by atoms with Crippen molar-refractivity contribution in [3.63, 3.8) is 0 Å². The largest absolute Gasteiger partial charge is 0.662 e. The number of nitrogens with one attached hydrogen (secondary N) is 2. The topological polar surface area (TPSA) is 167 Å². The second-order valence-electron chi connectivity index (χ2n) is 6.06. The first-order valence-electron chi connectivity index (χ1n) is 7.70. The molecule has 1 amide bonds. The Labute approximate surface area is 148 Å². The summed E-state index contributed by atoms with van der Waals surface area (Å²) in [6.07, 6.45) is 2.05. The number of hydrogen-bond donors (Lipinski definition) is 4. The molecule has 0 unspecified atom stereocenters. The van der Waals surface area contributed by atoms with E-state index in [0.29, 0.717) is 6.54 Å². The number of unbranched alkanes of at least 4 members (excludes halogenated alkanes) is 1. The summed E-state index contributed by atoms with van der Waals surface area (Å²) in [6, 6.07) is 0. The minimum absolute atomic E-state index is 0.0356. The summed E-state index contributed by atoms with van der Waals surface area (Å²) in [5.41, 5.74) is 11.2. The van der Waals surface area contributed by atoms with Crippen LogP contribution in [0.5, 0.6) is 0 Å². The molecule has 11 nitrogen and oxygen atoms in total. The Balaban J connectivity index is 0. The third-order valence-corrected chi connectivity index (χ3v) is 2.56. The van der Waals surface area contributed by atoms with Gasteiger partial charge in [-0.25, -0.2) is 4.99 Å². The van der Waals surface area contributed by atoms with E-state index in [0.717, 1.165) is 30.8 Å². The molecular weight excluding hydrogens is 330 g/mol. The van der Waals surface area contributed by atoms with Crippen molar-refractivity contribution in [2.75, 3.05) is 47.8 Å². The third-order valence-electron chi connectivity index (χ3n) is 2.56. The van der Waals surface area contributed by atoms with Crippen molar-refractivity contribution in [2.24, 2.45) is 21.5 Å². The average molecular weight is 361 g/mol. The van der Waals surface area contributed by atoms with Crippen LogP contribution in [0.1, 0.15) is 19.8 Å². The van der Waals surface area contributed by atoms with Gasteiger partial charge in [0.1, 0.15) is 6.54 Å². The van der Waals surface area contributed by atoms with Crippen LogP contribution in [0, 0.1) is 0 Å². The fourth-order valence-corrected chi connectivity index (χ4v) is 1.34. The molecule has 0 saturated carbocycles. The van der Waals surface area contributed by atoms with Gasteiger partial charge in [-0.05, 0) is 12.8 Å². The molecule has 0 aliphatic rings. The highest BCUT2D eigenvalue weighted by molar-refractivity contribution is 5.97. The van der Waals surface area contributed by atoms with Gasteiger partial charge in [-0.15, -0.1) is 0 Å². The normalized spacial score (nSPS) is 11.9. The number of rotatable bonds is 7. The molecule has 0 fully saturated rings. The van der Waals surface area contributed by atoms with Gasteiger partial charge in [0.15, 0.2) is 11.9 Å². The molecule has 0 aromatic heterocycles.